The van der Waals surface area contributed by atoms with Gasteiger partial charge in [0.2, 0.25) is 0 Å². The smallest absolute Gasteiger partial charge is 0.293 e. The standard InChI is InChI=1S/C24H23F2N5O2/c1-30(9-7-19-4-2-3-8-27-19)13-17-15-31(14-16-5-6-18(25)10-21(16)26)23-12-28-22(11-20(17)23)24(32)29-33/h2-6,8,10-12,15,33H,7,9,13-14H2,1H3,(H,29,32). The van der Waals surface area contributed by atoms with E-state index in [-0.39, 0.29) is 12.2 Å². The van der Waals surface area contributed by atoms with E-state index in [4.69, 9.17) is 5.21 Å². The van der Waals surface area contributed by atoms with Crippen LogP contribution in [-0.2, 0) is 19.5 Å². The summed E-state index contributed by atoms with van der Waals surface area (Å²) in [6.07, 6.45) is 5.93. The van der Waals surface area contributed by atoms with E-state index in [9.17, 15) is 13.6 Å². The minimum Gasteiger partial charge on any atom is -0.341 e. The summed E-state index contributed by atoms with van der Waals surface area (Å²) in [4.78, 5) is 22.5. The summed E-state index contributed by atoms with van der Waals surface area (Å²) in [5.74, 6) is -1.98. The number of nitrogens with one attached hydrogen (secondary N) is 1. The van der Waals surface area contributed by atoms with E-state index in [0.29, 0.717) is 17.6 Å². The predicted molar refractivity (Wildman–Crippen MR) is 119 cm³/mol. The van der Waals surface area contributed by atoms with Gasteiger partial charge in [0.25, 0.3) is 5.91 Å². The fraction of sp³-hybridized carbons (Fsp3) is 0.208. The lowest BCUT2D eigenvalue weighted by molar-refractivity contribution is 0.0701. The van der Waals surface area contributed by atoms with Gasteiger partial charge in [0.15, 0.2) is 0 Å². The number of pyridine rings is 2. The minimum absolute atomic E-state index is 0.0631. The Balaban J connectivity index is 1.63. The monoisotopic (exact) mass is 451 g/mol. The topological polar surface area (TPSA) is 83.3 Å². The molecule has 7 nitrogen and oxygen atoms in total. The Morgan fingerprint density at radius 3 is 2.73 bits per heavy atom. The highest BCUT2D eigenvalue weighted by Gasteiger charge is 2.16. The van der Waals surface area contributed by atoms with Gasteiger partial charge in [-0.1, -0.05) is 12.1 Å². The molecule has 2 N–H and O–H groups in total. The molecular formula is C24H23F2N5O2. The fourth-order valence-electron chi connectivity index (χ4n) is 3.75. The lowest BCUT2D eigenvalue weighted by Crippen LogP contribution is -2.21. The normalized spacial score (nSPS) is 11.3. The van der Waals surface area contributed by atoms with Crippen molar-refractivity contribution in [1.29, 1.82) is 0 Å². The van der Waals surface area contributed by atoms with E-state index in [1.54, 1.807) is 17.7 Å². The molecule has 170 valence electrons. The van der Waals surface area contributed by atoms with Crippen LogP contribution in [0.1, 0.15) is 27.3 Å². The molecule has 0 fully saturated rings. The van der Waals surface area contributed by atoms with Gasteiger partial charge in [0, 0.05) is 54.6 Å². The zero-order valence-electron chi connectivity index (χ0n) is 18.0. The Kier molecular flexibility index (Phi) is 6.71. The van der Waals surface area contributed by atoms with Crippen molar-refractivity contribution in [1.82, 2.24) is 24.9 Å². The summed E-state index contributed by atoms with van der Waals surface area (Å²) in [5, 5.41) is 9.74. The molecule has 0 saturated heterocycles. The Bertz CT molecular complexity index is 1280. The lowest BCUT2D eigenvalue weighted by atomic mass is 10.1. The lowest BCUT2D eigenvalue weighted by Gasteiger charge is -2.16. The van der Waals surface area contributed by atoms with Crippen molar-refractivity contribution >= 4 is 16.8 Å². The molecule has 1 amide bonds. The van der Waals surface area contributed by atoms with Crippen LogP contribution in [0.4, 0.5) is 8.78 Å². The molecule has 0 aliphatic rings. The third-order valence-electron chi connectivity index (χ3n) is 5.46. The molecule has 0 atom stereocenters. The summed E-state index contributed by atoms with van der Waals surface area (Å²) < 4.78 is 29.4. The Morgan fingerprint density at radius 2 is 2.00 bits per heavy atom. The summed E-state index contributed by atoms with van der Waals surface area (Å²) in [6.45, 7) is 1.49. The van der Waals surface area contributed by atoms with Gasteiger partial charge >= 0.3 is 0 Å². The largest absolute Gasteiger partial charge is 0.341 e. The molecule has 0 spiro atoms. The number of halogens is 2. The van der Waals surface area contributed by atoms with Crippen molar-refractivity contribution in [2.45, 2.75) is 19.5 Å². The first-order valence-electron chi connectivity index (χ1n) is 10.4. The van der Waals surface area contributed by atoms with E-state index in [2.05, 4.69) is 14.9 Å². The van der Waals surface area contributed by atoms with Gasteiger partial charge in [-0.2, -0.15) is 0 Å². The van der Waals surface area contributed by atoms with Crippen LogP contribution in [0.15, 0.2) is 61.1 Å². The van der Waals surface area contributed by atoms with Gasteiger partial charge in [-0.15, -0.1) is 0 Å². The van der Waals surface area contributed by atoms with Crippen LogP contribution in [0.3, 0.4) is 0 Å². The molecule has 0 unspecified atom stereocenters. The van der Waals surface area contributed by atoms with Crippen LogP contribution in [0.2, 0.25) is 0 Å². The highest BCUT2D eigenvalue weighted by atomic mass is 19.1. The van der Waals surface area contributed by atoms with Gasteiger partial charge in [-0.05, 0) is 36.9 Å². The van der Waals surface area contributed by atoms with Crippen molar-refractivity contribution in [2.24, 2.45) is 0 Å². The maximum absolute atomic E-state index is 14.3. The number of hydrogen-bond donors (Lipinski definition) is 2. The number of benzene rings is 1. The quantitative estimate of drug-likeness (QED) is 0.316. The first-order valence-corrected chi connectivity index (χ1v) is 10.4. The number of fused-ring (bicyclic) bond motifs is 1. The zero-order valence-corrected chi connectivity index (χ0v) is 18.0. The summed E-state index contributed by atoms with van der Waals surface area (Å²) >= 11 is 0. The van der Waals surface area contributed by atoms with Crippen molar-refractivity contribution < 1.29 is 18.8 Å². The fourth-order valence-corrected chi connectivity index (χ4v) is 3.75. The molecule has 3 heterocycles. The highest BCUT2D eigenvalue weighted by Crippen LogP contribution is 2.25. The second-order valence-electron chi connectivity index (χ2n) is 7.85. The Morgan fingerprint density at radius 1 is 1.15 bits per heavy atom. The van der Waals surface area contributed by atoms with E-state index in [1.165, 1.54) is 18.3 Å². The Hall–Kier alpha value is -3.69. The summed E-state index contributed by atoms with van der Waals surface area (Å²) in [5.41, 5.74) is 4.58. The highest BCUT2D eigenvalue weighted by molar-refractivity contribution is 5.96. The number of carbonyl (C=O) groups excluding carboxylic acids is 1. The maximum Gasteiger partial charge on any atom is 0.293 e. The number of carbonyl (C=O) groups is 1. The van der Waals surface area contributed by atoms with E-state index in [1.807, 2.05) is 36.0 Å². The van der Waals surface area contributed by atoms with Crippen molar-refractivity contribution in [3.63, 3.8) is 0 Å². The van der Waals surface area contributed by atoms with Gasteiger partial charge in [-0.3, -0.25) is 15.0 Å². The van der Waals surface area contributed by atoms with Crippen molar-refractivity contribution in [2.75, 3.05) is 13.6 Å². The summed E-state index contributed by atoms with van der Waals surface area (Å²) in [7, 11) is 1.98. The molecule has 9 heteroatoms. The number of hydrogen-bond acceptors (Lipinski definition) is 5. The summed E-state index contributed by atoms with van der Waals surface area (Å²) in [6, 6.07) is 10.9. The van der Waals surface area contributed by atoms with Gasteiger partial charge in [-0.25, -0.2) is 19.2 Å². The zero-order chi connectivity index (χ0) is 23.4. The molecule has 0 bridgehead atoms. The Labute approximate surface area is 189 Å². The molecule has 3 aromatic heterocycles. The van der Waals surface area contributed by atoms with Crippen LogP contribution in [0.5, 0.6) is 0 Å². The first kappa shape index (κ1) is 22.5. The van der Waals surface area contributed by atoms with Crippen molar-refractivity contribution in [3.8, 4) is 0 Å². The van der Waals surface area contributed by atoms with Crippen LogP contribution in [-0.4, -0.2) is 44.1 Å². The number of hydroxylamine groups is 1. The average molecular weight is 451 g/mol. The third kappa shape index (κ3) is 5.21. The van der Waals surface area contributed by atoms with Gasteiger partial charge in [0.1, 0.15) is 17.3 Å². The van der Waals surface area contributed by atoms with E-state index < -0.39 is 17.5 Å². The number of nitrogens with zero attached hydrogens (tertiary/aromatic N) is 4. The van der Waals surface area contributed by atoms with Crippen molar-refractivity contribution in [3.05, 3.63) is 95.2 Å². The van der Waals surface area contributed by atoms with Crippen LogP contribution in [0.25, 0.3) is 10.9 Å². The van der Waals surface area contributed by atoms with E-state index >= 15 is 0 Å². The number of likely N-dealkylation sites (N-methyl/N-ethyl adjacent to an activating group) is 1. The first-order chi connectivity index (χ1) is 15.9. The molecular weight excluding hydrogens is 428 g/mol. The van der Waals surface area contributed by atoms with E-state index in [0.717, 1.165) is 35.7 Å². The molecule has 0 aliphatic heterocycles. The van der Waals surface area contributed by atoms with Crippen LogP contribution >= 0.6 is 0 Å². The van der Waals surface area contributed by atoms with Gasteiger partial charge < -0.3 is 9.47 Å². The van der Waals surface area contributed by atoms with Gasteiger partial charge in [0.05, 0.1) is 18.3 Å². The second kappa shape index (κ2) is 9.85. The molecule has 0 saturated carbocycles. The number of amides is 1. The van der Waals surface area contributed by atoms with Crippen LogP contribution < -0.4 is 5.48 Å². The average Bonchev–Trinajstić information content (AvgIpc) is 3.16. The number of aromatic nitrogens is 3. The molecule has 0 radical (unpaired) electrons. The molecule has 1 aromatic carbocycles. The SMILES string of the molecule is CN(CCc1ccccn1)Cc1cn(Cc2ccc(F)cc2F)c2cnc(C(=O)NO)cc12. The molecule has 4 aromatic rings. The predicted octanol–water partition coefficient (Wildman–Crippen LogP) is 3.55. The third-order valence-corrected chi connectivity index (χ3v) is 5.46. The second-order valence-corrected chi connectivity index (χ2v) is 7.85. The molecule has 33 heavy (non-hydrogen) atoms. The molecule has 0 aliphatic carbocycles. The minimum atomic E-state index is -0.719. The molecule has 4 rings (SSSR count). The maximum atomic E-state index is 14.3. The number of rotatable bonds is 8. The van der Waals surface area contributed by atoms with Crippen LogP contribution in [0, 0.1) is 11.6 Å².